The molecule has 3 N–H and O–H groups in total. The van der Waals surface area contributed by atoms with Gasteiger partial charge in [-0.3, -0.25) is 9.59 Å². The van der Waals surface area contributed by atoms with Crippen molar-refractivity contribution in [2.45, 2.75) is 0 Å². The standard InChI is InChI=1S/C20H16FN3O3/c21-15-6-3-5-14(10-15)20(27)22-12-19(26)24-23-11-17-16-7-2-1-4-13(16)8-9-18(17)25/h1-11,25H,12H2,(H,22,27)(H,24,26)/b23-11-. The van der Waals surface area contributed by atoms with Gasteiger partial charge in [0.15, 0.2) is 0 Å². The van der Waals surface area contributed by atoms with Crippen molar-refractivity contribution in [3.05, 3.63) is 77.6 Å². The van der Waals surface area contributed by atoms with E-state index in [0.29, 0.717) is 5.56 Å². The van der Waals surface area contributed by atoms with Gasteiger partial charge in [-0.15, -0.1) is 0 Å². The largest absolute Gasteiger partial charge is 0.507 e. The predicted molar refractivity (Wildman–Crippen MR) is 100 cm³/mol. The number of hydrazone groups is 1. The Hall–Kier alpha value is -3.74. The molecule has 0 aromatic heterocycles. The molecule has 0 unspecified atom stereocenters. The summed E-state index contributed by atoms with van der Waals surface area (Å²) in [5.41, 5.74) is 2.86. The highest BCUT2D eigenvalue weighted by Crippen LogP contribution is 2.25. The molecular weight excluding hydrogens is 349 g/mol. The fraction of sp³-hybridized carbons (Fsp3) is 0.0500. The van der Waals surface area contributed by atoms with E-state index in [9.17, 15) is 19.1 Å². The van der Waals surface area contributed by atoms with Crippen LogP contribution in [0.3, 0.4) is 0 Å². The number of fused-ring (bicyclic) bond motifs is 1. The van der Waals surface area contributed by atoms with Gasteiger partial charge in [-0.2, -0.15) is 5.10 Å². The summed E-state index contributed by atoms with van der Waals surface area (Å²) in [6.07, 6.45) is 1.34. The maximum atomic E-state index is 13.1. The van der Waals surface area contributed by atoms with E-state index < -0.39 is 17.6 Å². The number of carbonyl (C=O) groups is 2. The molecule has 0 aliphatic heterocycles. The summed E-state index contributed by atoms with van der Waals surface area (Å²) in [7, 11) is 0. The first-order chi connectivity index (χ1) is 13.0. The number of halogens is 1. The van der Waals surface area contributed by atoms with Gasteiger partial charge in [0.1, 0.15) is 11.6 Å². The summed E-state index contributed by atoms with van der Waals surface area (Å²) >= 11 is 0. The van der Waals surface area contributed by atoms with Crippen LogP contribution in [0.1, 0.15) is 15.9 Å². The van der Waals surface area contributed by atoms with Gasteiger partial charge in [-0.25, -0.2) is 9.82 Å². The fourth-order valence-corrected chi connectivity index (χ4v) is 2.52. The van der Waals surface area contributed by atoms with Crippen LogP contribution in [0.4, 0.5) is 4.39 Å². The lowest BCUT2D eigenvalue weighted by atomic mass is 10.0. The SMILES string of the molecule is O=C(CNC(=O)c1cccc(F)c1)N/N=C\c1c(O)ccc2ccccc12. The minimum Gasteiger partial charge on any atom is -0.507 e. The number of benzene rings is 3. The Balaban J connectivity index is 1.60. The number of phenolic OH excluding ortho intramolecular Hbond substituents is 1. The zero-order valence-corrected chi connectivity index (χ0v) is 14.1. The second kappa shape index (κ2) is 8.09. The molecule has 0 radical (unpaired) electrons. The number of nitrogens with one attached hydrogen (secondary N) is 2. The highest BCUT2D eigenvalue weighted by molar-refractivity contribution is 6.02. The second-order valence-corrected chi connectivity index (χ2v) is 5.71. The zero-order chi connectivity index (χ0) is 19.2. The van der Waals surface area contributed by atoms with Crippen LogP contribution < -0.4 is 10.7 Å². The molecule has 27 heavy (non-hydrogen) atoms. The minimum absolute atomic E-state index is 0.0334. The maximum absolute atomic E-state index is 13.1. The van der Waals surface area contributed by atoms with Gasteiger partial charge in [0, 0.05) is 11.1 Å². The molecule has 0 heterocycles. The Labute approximate surface area is 154 Å². The van der Waals surface area contributed by atoms with Gasteiger partial charge >= 0.3 is 0 Å². The summed E-state index contributed by atoms with van der Waals surface area (Å²) < 4.78 is 13.1. The molecule has 0 bridgehead atoms. The van der Waals surface area contributed by atoms with Crippen molar-refractivity contribution in [1.29, 1.82) is 0 Å². The number of rotatable bonds is 5. The molecular formula is C20H16FN3O3. The summed E-state index contributed by atoms with van der Waals surface area (Å²) in [6, 6.07) is 15.9. The molecule has 6 nitrogen and oxygen atoms in total. The van der Waals surface area contributed by atoms with E-state index in [1.807, 2.05) is 24.3 Å². The Kier molecular flexibility index (Phi) is 5.41. The topological polar surface area (TPSA) is 90.8 Å². The first-order valence-corrected chi connectivity index (χ1v) is 8.11. The monoisotopic (exact) mass is 365 g/mol. The van der Waals surface area contributed by atoms with Crippen molar-refractivity contribution < 1.29 is 19.1 Å². The predicted octanol–water partition coefficient (Wildman–Crippen LogP) is 2.56. The molecule has 0 fully saturated rings. The molecule has 7 heteroatoms. The number of phenols is 1. The average Bonchev–Trinajstić information content (AvgIpc) is 2.68. The fourth-order valence-electron chi connectivity index (χ4n) is 2.52. The molecule has 0 atom stereocenters. The summed E-state index contributed by atoms with van der Waals surface area (Å²) in [4.78, 5) is 23.7. The minimum atomic E-state index is -0.569. The van der Waals surface area contributed by atoms with E-state index in [1.54, 1.807) is 12.1 Å². The Morgan fingerprint density at radius 3 is 2.70 bits per heavy atom. The third kappa shape index (κ3) is 4.46. The molecule has 136 valence electrons. The van der Waals surface area contributed by atoms with E-state index in [-0.39, 0.29) is 17.9 Å². The van der Waals surface area contributed by atoms with Crippen molar-refractivity contribution in [2.75, 3.05) is 6.54 Å². The van der Waals surface area contributed by atoms with Crippen molar-refractivity contribution >= 4 is 28.8 Å². The highest BCUT2D eigenvalue weighted by Gasteiger charge is 2.09. The third-order valence-corrected chi connectivity index (χ3v) is 3.83. The molecule has 3 aromatic carbocycles. The van der Waals surface area contributed by atoms with Crippen LogP contribution in [-0.2, 0) is 4.79 Å². The summed E-state index contributed by atoms with van der Waals surface area (Å²) in [6.45, 7) is -0.325. The first kappa shape index (κ1) is 18.1. The Morgan fingerprint density at radius 2 is 1.89 bits per heavy atom. The Morgan fingerprint density at radius 1 is 1.07 bits per heavy atom. The average molecular weight is 365 g/mol. The zero-order valence-electron chi connectivity index (χ0n) is 14.1. The van der Waals surface area contributed by atoms with Gasteiger partial charge in [0.25, 0.3) is 11.8 Å². The van der Waals surface area contributed by atoms with Crippen molar-refractivity contribution in [2.24, 2.45) is 5.10 Å². The molecule has 0 spiro atoms. The van der Waals surface area contributed by atoms with E-state index in [4.69, 9.17) is 0 Å². The second-order valence-electron chi connectivity index (χ2n) is 5.71. The molecule has 2 amide bonds. The van der Waals surface area contributed by atoms with Crippen LogP contribution in [0.2, 0.25) is 0 Å². The normalized spacial score (nSPS) is 10.9. The molecule has 3 aromatic rings. The molecule has 0 saturated heterocycles. The Bertz CT molecular complexity index is 1030. The smallest absolute Gasteiger partial charge is 0.259 e. The third-order valence-electron chi connectivity index (χ3n) is 3.83. The molecule has 0 aliphatic rings. The van der Waals surface area contributed by atoms with Gasteiger partial charge < -0.3 is 10.4 Å². The number of hydrogen-bond donors (Lipinski definition) is 3. The number of aromatic hydroxyl groups is 1. The van der Waals surface area contributed by atoms with E-state index >= 15 is 0 Å². The van der Waals surface area contributed by atoms with Crippen LogP contribution in [0.15, 0.2) is 65.8 Å². The quantitative estimate of drug-likeness (QED) is 0.479. The molecule has 0 aliphatic carbocycles. The summed E-state index contributed by atoms with van der Waals surface area (Å²) in [5, 5.41) is 17.9. The lowest BCUT2D eigenvalue weighted by Crippen LogP contribution is -2.34. The van der Waals surface area contributed by atoms with E-state index in [1.165, 1.54) is 24.4 Å². The van der Waals surface area contributed by atoms with Crippen molar-refractivity contribution in [3.63, 3.8) is 0 Å². The number of hydrogen-bond acceptors (Lipinski definition) is 4. The molecule has 3 rings (SSSR count). The number of amides is 2. The van der Waals surface area contributed by atoms with Gasteiger partial charge in [-0.05, 0) is 35.0 Å². The van der Waals surface area contributed by atoms with Gasteiger partial charge in [0.05, 0.1) is 12.8 Å². The lowest BCUT2D eigenvalue weighted by molar-refractivity contribution is -0.120. The van der Waals surface area contributed by atoms with Crippen LogP contribution in [0, 0.1) is 5.82 Å². The molecule has 0 saturated carbocycles. The highest BCUT2D eigenvalue weighted by atomic mass is 19.1. The number of carbonyl (C=O) groups excluding carboxylic acids is 2. The lowest BCUT2D eigenvalue weighted by Gasteiger charge is -2.06. The maximum Gasteiger partial charge on any atom is 0.259 e. The number of nitrogens with zero attached hydrogens (tertiary/aromatic N) is 1. The van der Waals surface area contributed by atoms with Crippen LogP contribution in [0.5, 0.6) is 5.75 Å². The van der Waals surface area contributed by atoms with Crippen LogP contribution >= 0.6 is 0 Å². The van der Waals surface area contributed by atoms with E-state index in [2.05, 4.69) is 15.8 Å². The first-order valence-electron chi connectivity index (χ1n) is 8.11. The van der Waals surface area contributed by atoms with E-state index in [0.717, 1.165) is 16.8 Å². The van der Waals surface area contributed by atoms with Crippen LogP contribution in [0.25, 0.3) is 10.8 Å². The van der Waals surface area contributed by atoms with Crippen LogP contribution in [-0.4, -0.2) is 29.7 Å². The van der Waals surface area contributed by atoms with Crippen molar-refractivity contribution in [3.8, 4) is 5.75 Å². The van der Waals surface area contributed by atoms with Gasteiger partial charge in [0.2, 0.25) is 0 Å². The summed E-state index contributed by atoms with van der Waals surface area (Å²) in [5.74, 6) is -1.63. The van der Waals surface area contributed by atoms with Gasteiger partial charge in [-0.1, -0.05) is 36.4 Å². The van der Waals surface area contributed by atoms with Crippen molar-refractivity contribution in [1.82, 2.24) is 10.7 Å².